The normalized spacial score (nSPS) is 23.6. The standard InChI is InChI=1S/C11H12BrNO3S/c1-16-9-3-2-6(12)4-7(9)8-5-17-10(13-8)11(14)15/h2-4,8,10,13H,5H2,1H3,(H,14,15). The fourth-order valence-electron chi connectivity index (χ4n) is 1.77. The van der Waals surface area contributed by atoms with Crippen LogP contribution < -0.4 is 10.1 Å². The van der Waals surface area contributed by atoms with Gasteiger partial charge in [0.2, 0.25) is 0 Å². The molecule has 2 rings (SSSR count). The third-order valence-corrected chi connectivity index (χ3v) is 4.26. The van der Waals surface area contributed by atoms with Crippen LogP contribution >= 0.6 is 27.7 Å². The summed E-state index contributed by atoms with van der Waals surface area (Å²) in [6, 6.07) is 5.74. The number of methoxy groups -OCH3 is 1. The van der Waals surface area contributed by atoms with Gasteiger partial charge in [-0.1, -0.05) is 15.9 Å². The Kier molecular flexibility index (Phi) is 3.96. The number of thioether (sulfide) groups is 1. The lowest BCUT2D eigenvalue weighted by Gasteiger charge is -2.15. The van der Waals surface area contributed by atoms with Gasteiger partial charge < -0.3 is 9.84 Å². The van der Waals surface area contributed by atoms with Crippen molar-refractivity contribution in [3.63, 3.8) is 0 Å². The van der Waals surface area contributed by atoms with Crippen LogP contribution in [0.2, 0.25) is 0 Å². The molecule has 0 saturated carbocycles. The molecule has 17 heavy (non-hydrogen) atoms. The molecular weight excluding hydrogens is 306 g/mol. The van der Waals surface area contributed by atoms with Crippen LogP contribution in [0.3, 0.4) is 0 Å². The highest BCUT2D eigenvalue weighted by Crippen LogP contribution is 2.35. The van der Waals surface area contributed by atoms with Gasteiger partial charge in [-0.2, -0.15) is 0 Å². The van der Waals surface area contributed by atoms with Crippen LogP contribution in [0, 0.1) is 0 Å². The molecule has 2 unspecified atom stereocenters. The van der Waals surface area contributed by atoms with Gasteiger partial charge in [0.1, 0.15) is 5.75 Å². The first-order valence-electron chi connectivity index (χ1n) is 5.05. The van der Waals surface area contributed by atoms with Crippen molar-refractivity contribution in [2.24, 2.45) is 0 Å². The van der Waals surface area contributed by atoms with E-state index in [1.54, 1.807) is 7.11 Å². The van der Waals surface area contributed by atoms with E-state index < -0.39 is 11.3 Å². The lowest BCUT2D eigenvalue weighted by molar-refractivity contribution is -0.137. The van der Waals surface area contributed by atoms with Gasteiger partial charge in [0.25, 0.3) is 0 Å². The number of carbonyl (C=O) groups is 1. The van der Waals surface area contributed by atoms with Gasteiger partial charge in [0.15, 0.2) is 5.37 Å². The molecule has 1 fully saturated rings. The second kappa shape index (κ2) is 5.29. The second-order valence-electron chi connectivity index (χ2n) is 3.66. The van der Waals surface area contributed by atoms with Crippen LogP contribution in [0.4, 0.5) is 0 Å². The van der Waals surface area contributed by atoms with Crippen LogP contribution in [-0.2, 0) is 4.79 Å². The minimum atomic E-state index is -0.827. The maximum Gasteiger partial charge on any atom is 0.331 e. The van der Waals surface area contributed by atoms with Crippen molar-refractivity contribution in [1.29, 1.82) is 0 Å². The van der Waals surface area contributed by atoms with Crippen LogP contribution in [0.5, 0.6) is 5.75 Å². The third kappa shape index (κ3) is 2.75. The highest BCUT2D eigenvalue weighted by molar-refractivity contribution is 9.10. The number of rotatable bonds is 3. The molecule has 0 aliphatic carbocycles. The Morgan fingerprint density at radius 1 is 1.65 bits per heavy atom. The van der Waals surface area contributed by atoms with Crippen molar-refractivity contribution in [3.8, 4) is 5.75 Å². The molecule has 2 atom stereocenters. The molecule has 6 heteroatoms. The number of halogens is 1. The molecule has 0 aromatic heterocycles. The molecule has 1 aliphatic heterocycles. The van der Waals surface area contributed by atoms with Gasteiger partial charge >= 0.3 is 5.97 Å². The highest BCUT2D eigenvalue weighted by Gasteiger charge is 2.31. The van der Waals surface area contributed by atoms with Crippen molar-refractivity contribution in [3.05, 3.63) is 28.2 Å². The van der Waals surface area contributed by atoms with Crippen molar-refractivity contribution in [1.82, 2.24) is 5.32 Å². The zero-order valence-corrected chi connectivity index (χ0v) is 11.5. The maximum absolute atomic E-state index is 10.9. The topological polar surface area (TPSA) is 58.6 Å². The summed E-state index contributed by atoms with van der Waals surface area (Å²) >= 11 is 4.81. The molecule has 2 N–H and O–H groups in total. The van der Waals surface area contributed by atoms with Crippen molar-refractivity contribution in [2.75, 3.05) is 12.9 Å². The zero-order chi connectivity index (χ0) is 12.4. The van der Waals surface area contributed by atoms with Crippen LogP contribution in [0.25, 0.3) is 0 Å². The quantitative estimate of drug-likeness (QED) is 0.895. The molecule has 92 valence electrons. The molecule has 1 aliphatic rings. The predicted octanol–water partition coefficient (Wildman–Crippen LogP) is 2.25. The van der Waals surface area contributed by atoms with Crippen molar-refractivity contribution >= 4 is 33.7 Å². The van der Waals surface area contributed by atoms with E-state index in [0.717, 1.165) is 21.5 Å². The third-order valence-electron chi connectivity index (χ3n) is 2.57. The molecule has 1 saturated heterocycles. The zero-order valence-electron chi connectivity index (χ0n) is 9.14. The summed E-state index contributed by atoms with van der Waals surface area (Å²) in [5.74, 6) is 0.674. The van der Waals surface area contributed by atoms with Gasteiger partial charge in [-0.05, 0) is 18.2 Å². The van der Waals surface area contributed by atoms with Gasteiger partial charge in [0.05, 0.1) is 7.11 Å². The average molecular weight is 318 g/mol. The Balaban J connectivity index is 2.23. The molecule has 1 aromatic carbocycles. The first-order chi connectivity index (χ1) is 8.11. The number of carboxylic acid groups (broad SMARTS) is 1. The highest BCUT2D eigenvalue weighted by atomic mass is 79.9. The van der Waals surface area contributed by atoms with Crippen LogP contribution in [0.15, 0.2) is 22.7 Å². The molecule has 1 heterocycles. The summed E-state index contributed by atoms with van der Waals surface area (Å²) < 4.78 is 6.25. The summed E-state index contributed by atoms with van der Waals surface area (Å²) in [4.78, 5) is 10.9. The number of hydrogen-bond acceptors (Lipinski definition) is 4. The molecule has 0 spiro atoms. The predicted molar refractivity (Wildman–Crippen MR) is 70.5 cm³/mol. The van der Waals surface area contributed by atoms with Gasteiger partial charge in [0, 0.05) is 21.8 Å². The summed E-state index contributed by atoms with van der Waals surface area (Å²) in [5.41, 5.74) is 0.984. The van der Waals surface area contributed by atoms with E-state index >= 15 is 0 Å². The van der Waals surface area contributed by atoms with Crippen molar-refractivity contribution < 1.29 is 14.6 Å². The first kappa shape index (κ1) is 12.7. The SMILES string of the molecule is COc1ccc(Br)cc1C1CSC(C(=O)O)N1. The van der Waals surface area contributed by atoms with Gasteiger partial charge in [-0.15, -0.1) is 11.8 Å². The van der Waals surface area contributed by atoms with E-state index in [0.29, 0.717) is 0 Å². The largest absolute Gasteiger partial charge is 0.496 e. The van der Waals surface area contributed by atoms with E-state index in [2.05, 4.69) is 21.2 Å². The van der Waals surface area contributed by atoms with Crippen molar-refractivity contribution in [2.45, 2.75) is 11.4 Å². The Morgan fingerprint density at radius 2 is 2.41 bits per heavy atom. The maximum atomic E-state index is 10.9. The Labute approximate surface area is 112 Å². The van der Waals surface area contributed by atoms with E-state index in [4.69, 9.17) is 9.84 Å². The van der Waals surface area contributed by atoms with E-state index in [1.165, 1.54) is 11.8 Å². The number of ether oxygens (including phenoxy) is 1. The minimum Gasteiger partial charge on any atom is -0.496 e. The molecule has 0 amide bonds. The lowest BCUT2D eigenvalue weighted by atomic mass is 10.1. The molecule has 0 bridgehead atoms. The summed E-state index contributed by atoms with van der Waals surface area (Å²) in [7, 11) is 1.61. The lowest BCUT2D eigenvalue weighted by Crippen LogP contribution is -2.30. The smallest absolute Gasteiger partial charge is 0.331 e. The van der Waals surface area contributed by atoms with E-state index in [-0.39, 0.29) is 6.04 Å². The number of aliphatic carboxylic acids is 1. The number of carboxylic acids is 1. The Morgan fingerprint density at radius 3 is 3.00 bits per heavy atom. The number of nitrogens with one attached hydrogen (secondary N) is 1. The van der Waals surface area contributed by atoms with E-state index in [1.807, 2.05) is 18.2 Å². The van der Waals surface area contributed by atoms with Gasteiger partial charge in [-0.25, -0.2) is 4.79 Å². The Hall–Kier alpha value is -0.720. The molecular formula is C11H12BrNO3S. The molecule has 4 nitrogen and oxygen atoms in total. The fraction of sp³-hybridized carbons (Fsp3) is 0.364. The number of benzene rings is 1. The minimum absolute atomic E-state index is 0.00792. The summed E-state index contributed by atoms with van der Waals surface area (Å²) in [6.45, 7) is 0. The van der Waals surface area contributed by atoms with Crippen LogP contribution in [0.1, 0.15) is 11.6 Å². The summed E-state index contributed by atoms with van der Waals surface area (Å²) in [5, 5.41) is 11.5. The monoisotopic (exact) mass is 317 g/mol. The van der Waals surface area contributed by atoms with Crippen LogP contribution in [-0.4, -0.2) is 29.3 Å². The second-order valence-corrected chi connectivity index (χ2v) is 5.71. The number of hydrogen-bond donors (Lipinski definition) is 2. The Bertz CT molecular complexity index is 441. The van der Waals surface area contributed by atoms with E-state index in [9.17, 15) is 4.79 Å². The summed E-state index contributed by atoms with van der Waals surface area (Å²) in [6.07, 6.45) is 0. The molecule has 1 aromatic rings. The average Bonchev–Trinajstić information content (AvgIpc) is 2.78. The molecule has 0 radical (unpaired) electrons. The fourth-order valence-corrected chi connectivity index (χ4v) is 3.21. The first-order valence-corrected chi connectivity index (χ1v) is 6.90. The van der Waals surface area contributed by atoms with Gasteiger partial charge in [-0.3, -0.25) is 5.32 Å².